The number of nitro groups is 1. The molecule has 0 unspecified atom stereocenters. The molecule has 8 heteroatoms. The van der Waals surface area contributed by atoms with Gasteiger partial charge in [-0.25, -0.2) is 10.2 Å². The van der Waals surface area contributed by atoms with E-state index in [-0.39, 0.29) is 5.69 Å². The minimum atomic E-state index is -0.721. The molecule has 0 bridgehead atoms. The van der Waals surface area contributed by atoms with E-state index in [4.69, 9.17) is 0 Å². The second-order valence-electron chi connectivity index (χ2n) is 4.76. The summed E-state index contributed by atoms with van der Waals surface area (Å²) in [5, 5.41) is 15.0. The predicted molar refractivity (Wildman–Crippen MR) is 90.7 cm³/mol. The molecule has 124 valence electrons. The van der Waals surface area contributed by atoms with Crippen LogP contribution in [0.2, 0.25) is 0 Å². The number of carbonyl (C=O) groups is 1. The van der Waals surface area contributed by atoms with Crippen molar-refractivity contribution in [2.75, 3.05) is 19.1 Å². The minimum absolute atomic E-state index is 0.0663. The van der Waals surface area contributed by atoms with Gasteiger partial charge in [-0.1, -0.05) is 24.3 Å². The molecule has 0 fully saturated rings. The Balaban J connectivity index is 2.30. The lowest BCUT2D eigenvalue weighted by molar-refractivity contribution is -0.384. The van der Waals surface area contributed by atoms with E-state index in [0.29, 0.717) is 11.3 Å². The summed E-state index contributed by atoms with van der Waals surface area (Å²) in [7, 11) is 2.97. The van der Waals surface area contributed by atoms with Gasteiger partial charge in [-0.2, -0.15) is 5.10 Å². The molecule has 0 atom stereocenters. The number of para-hydroxylation sites is 1. The molecule has 2 rings (SSSR count). The molecular formula is C16H16N4O4. The fraction of sp³-hybridized carbons (Fsp3) is 0.125. The van der Waals surface area contributed by atoms with Gasteiger partial charge in [-0.05, 0) is 18.2 Å². The smallest absolute Gasteiger partial charge is 0.427 e. The number of amides is 1. The number of nitrogens with one attached hydrogen (secondary N) is 1. The van der Waals surface area contributed by atoms with Crippen LogP contribution in [0.1, 0.15) is 5.56 Å². The van der Waals surface area contributed by atoms with E-state index in [1.54, 1.807) is 24.1 Å². The van der Waals surface area contributed by atoms with Crippen LogP contribution in [0, 0.1) is 10.1 Å². The van der Waals surface area contributed by atoms with E-state index < -0.39 is 11.0 Å². The van der Waals surface area contributed by atoms with E-state index in [1.807, 2.05) is 30.3 Å². The number of rotatable bonds is 5. The van der Waals surface area contributed by atoms with Crippen LogP contribution < -0.4 is 10.3 Å². The standard InChI is InChI=1S/C16H16N4O4/c1-19(13-6-4-3-5-7-13)14-9-8-12(10-15(14)20(22)23)11-17-18-16(21)24-2/h3-11H,1-2H3,(H,18,21)/b17-11-. The molecule has 0 aliphatic heterocycles. The highest BCUT2D eigenvalue weighted by molar-refractivity contribution is 5.85. The second kappa shape index (κ2) is 7.73. The number of ether oxygens (including phenoxy) is 1. The quantitative estimate of drug-likeness (QED) is 0.517. The molecule has 0 heterocycles. The fourth-order valence-corrected chi connectivity index (χ4v) is 2.05. The summed E-state index contributed by atoms with van der Waals surface area (Å²) in [6.07, 6.45) is 0.581. The molecule has 24 heavy (non-hydrogen) atoms. The number of hydrogen-bond acceptors (Lipinski definition) is 6. The van der Waals surface area contributed by atoms with E-state index >= 15 is 0 Å². The van der Waals surface area contributed by atoms with Crippen molar-refractivity contribution in [2.45, 2.75) is 0 Å². The summed E-state index contributed by atoms with van der Waals surface area (Å²) >= 11 is 0. The van der Waals surface area contributed by atoms with Crippen molar-refractivity contribution >= 4 is 29.4 Å². The zero-order valence-electron chi connectivity index (χ0n) is 13.2. The number of nitro benzene ring substituents is 1. The summed E-state index contributed by atoms with van der Waals surface area (Å²) < 4.78 is 4.37. The number of hydrogen-bond donors (Lipinski definition) is 1. The van der Waals surface area contributed by atoms with Gasteiger partial charge in [-0.15, -0.1) is 0 Å². The SMILES string of the molecule is COC(=O)N/N=C\c1ccc(N(C)c2ccccc2)c([N+](=O)[O-])c1. The largest absolute Gasteiger partial charge is 0.452 e. The lowest BCUT2D eigenvalue weighted by Crippen LogP contribution is -2.16. The molecule has 1 amide bonds. The maximum absolute atomic E-state index is 11.4. The van der Waals surface area contributed by atoms with E-state index in [2.05, 4.69) is 15.3 Å². The summed E-state index contributed by atoms with van der Waals surface area (Å²) in [5.41, 5.74) is 3.81. The van der Waals surface area contributed by atoms with Gasteiger partial charge in [0.15, 0.2) is 0 Å². The average Bonchev–Trinajstić information content (AvgIpc) is 2.61. The summed E-state index contributed by atoms with van der Waals surface area (Å²) in [6, 6.07) is 14.0. The number of carbonyl (C=O) groups excluding carboxylic acids is 1. The Morgan fingerprint density at radius 3 is 2.62 bits per heavy atom. The van der Waals surface area contributed by atoms with Crippen LogP contribution in [0.3, 0.4) is 0 Å². The normalized spacial score (nSPS) is 10.4. The van der Waals surface area contributed by atoms with Gasteiger partial charge < -0.3 is 9.64 Å². The molecule has 0 aliphatic carbocycles. The topological polar surface area (TPSA) is 97.1 Å². The second-order valence-corrected chi connectivity index (χ2v) is 4.76. The maximum Gasteiger partial charge on any atom is 0.427 e. The van der Waals surface area contributed by atoms with Gasteiger partial charge in [0.05, 0.1) is 18.2 Å². The number of anilines is 2. The van der Waals surface area contributed by atoms with Crippen LogP contribution >= 0.6 is 0 Å². The van der Waals surface area contributed by atoms with Crippen LogP contribution in [0.25, 0.3) is 0 Å². The van der Waals surface area contributed by atoms with Gasteiger partial charge in [0.1, 0.15) is 5.69 Å². The average molecular weight is 328 g/mol. The van der Waals surface area contributed by atoms with Gasteiger partial charge in [0.25, 0.3) is 5.69 Å². The lowest BCUT2D eigenvalue weighted by atomic mass is 10.1. The van der Waals surface area contributed by atoms with Crippen LogP contribution in [0.5, 0.6) is 0 Å². The first-order valence-corrected chi connectivity index (χ1v) is 6.97. The third kappa shape index (κ3) is 4.07. The molecule has 0 aliphatic rings. The highest BCUT2D eigenvalue weighted by Crippen LogP contribution is 2.32. The first-order valence-electron chi connectivity index (χ1n) is 6.97. The predicted octanol–water partition coefficient (Wildman–Crippen LogP) is 3.05. The van der Waals surface area contributed by atoms with Crippen molar-refractivity contribution in [1.29, 1.82) is 0 Å². The van der Waals surface area contributed by atoms with Crippen molar-refractivity contribution < 1.29 is 14.5 Å². The molecule has 0 radical (unpaired) electrons. The monoisotopic (exact) mass is 328 g/mol. The Morgan fingerprint density at radius 2 is 2.00 bits per heavy atom. The fourth-order valence-electron chi connectivity index (χ4n) is 2.05. The highest BCUT2D eigenvalue weighted by atomic mass is 16.6. The first-order chi connectivity index (χ1) is 11.5. The van der Waals surface area contributed by atoms with Crippen LogP contribution in [-0.4, -0.2) is 31.4 Å². The van der Waals surface area contributed by atoms with Crippen molar-refractivity contribution in [2.24, 2.45) is 5.10 Å². The molecular weight excluding hydrogens is 312 g/mol. The maximum atomic E-state index is 11.4. The first kappa shape index (κ1) is 16.9. The van der Waals surface area contributed by atoms with Gasteiger partial charge >= 0.3 is 6.09 Å². The Hall–Kier alpha value is -3.42. The van der Waals surface area contributed by atoms with Crippen LogP contribution in [0.4, 0.5) is 21.9 Å². The van der Waals surface area contributed by atoms with Crippen LogP contribution in [-0.2, 0) is 4.74 Å². The van der Waals surface area contributed by atoms with E-state index in [1.165, 1.54) is 19.4 Å². The van der Waals surface area contributed by atoms with Crippen molar-refractivity contribution in [3.05, 3.63) is 64.2 Å². The molecule has 0 saturated carbocycles. The zero-order valence-corrected chi connectivity index (χ0v) is 13.2. The Kier molecular flexibility index (Phi) is 5.45. The molecule has 0 aromatic heterocycles. The molecule has 2 aromatic carbocycles. The van der Waals surface area contributed by atoms with Crippen molar-refractivity contribution in [1.82, 2.24) is 5.43 Å². The molecule has 8 nitrogen and oxygen atoms in total. The Morgan fingerprint density at radius 1 is 1.29 bits per heavy atom. The van der Waals surface area contributed by atoms with Crippen LogP contribution in [0.15, 0.2) is 53.6 Å². The van der Waals surface area contributed by atoms with E-state index in [0.717, 1.165) is 5.69 Å². The van der Waals surface area contributed by atoms with Gasteiger partial charge in [-0.3, -0.25) is 10.1 Å². The zero-order chi connectivity index (χ0) is 17.5. The van der Waals surface area contributed by atoms with Gasteiger partial charge in [0, 0.05) is 24.4 Å². The highest BCUT2D eigenvalue weighted by Gasteiger charge is 2.18. The number of nitrogens with zero attached hydrogens (tertiary/aromatic N) is 3. The van der Waals surface area contributed by atoms with Crippen molar-refractivity contribution in [3.8, 4) is 0 Å². The molecule has 1 N–H and O–H groups in total. The third-order valence-corrected chi connectivity index (χ3v) is 3.26. The Labute approximate surface area is 138 Å². The minimum Gasteiger partial charge on any atom is -0.452 e. The molecule has 0 saturated heterocycles. The van der Waals surface area contributed by atoms with E-state index in [9.17, 15) is 14.9 Å². The number of benzene rings is 2. The lowest BCUT2D eigenvalue weighted by Gasteiger charge is -2.19. The number of methoxy groups -OCH3 is 1. The Bertz CT molecular complexity index is 762. The summed E-state index contributed by atoms with van der Waals surface area (Å²) in [5.74, 6) is 0. The third-order valence-electron chi connectivity index (χ3n) is 3.26. The summed E-state index contributed by atoms with van der Waals surface area (Å²) in [4.78, 5) is 23.6. The van der Waals surface area contributed by atoms with Gasteiger partial charge in [0.2, 0.25) is 0 Å². The number of hydrazone groups is 1. The van der Waals surface area contributed by atoms with Crippen molar-refractivity contribution in [3.63, 3.8) is 0 Å². The molecule has 0 spiro atoms. The summed E-state index contributed by atoms with van der Waals surface area (Å²) in [6.45, 7) is 0. The molecule has 2 aromatic rings.